The van der Waals surface area contributed by atoms with Crippen LogP contribution >= 0.6 is 23.4 Å². The molecule has 6 heteroatoms. The molecule has 1 N–H and O–H groups in total. The van der Waals surface area contributed by atoms with Crippen molar-refractivity contribution >= 4 is 40.7 Å². The number of nitrogens with one attached hydrogen (secondary N) is 1. The third-order valence-electron chi connectivity index (χ3n) is 3.06. The zero-order valence-electron chi connectivity index (χ0n) is 12.9. The highest BCUT2D eigenvalue weighted by Crippen LogP contribution is 2.25. The molecule has 1 amide bonds. The molecule has 0 aliphatic heterocycles. The molecule has 0 unspecified atom stereocenters. The Hall–Kier alpha value is -1.85. The van der Waals surface area contributed by atoms with Gasteiger partial charge in [-0.25, -0.2) is 4.98 Å². The molecule has 1 heterocycles. The number of hydrogen-bond donors (Lipinski definition) is 1. The first kappa shape index (κ1) is 17.5. The highest BCUT2D eigenvalue weighted by atomic mass is 35.5. The predicted octanol–water partition coefficient (Wildman–Crippen LogP) is 4.30. The van der Waals surface area contributed by atoms with Crippen LogP contribution in [0.25, 0.3) is 0 Å². The summed E-state index contributed by atoms with van der Waals surface area (Å²) in [7, 11) is 0. The Morgan fingerprint density at radius 3 is 2.52 bits per heavy atom. The Bertz CT molecular complexity index is 702. The minimum absolute atomic E-state index is 0.0153. The largest absolute Gasteiger partial charge is 0.326 e. The number of carbonyl (C=O) groups is 2. The number of Topliss-reactive ketones (excluding diaryl/α,β-unsaturated/α-hetero) is 1. The number of ketones is 1. The van der Waals surface area contributed by atoms with Gasteiger partial charge in [0.05, 0.1) is 10.8 Å². The van der Waals surface area contributed by atoms with E-state index in [1.165, 1.54) is 11.8 Å². The van der Waals surface area contributed by atoms with Crippen LogP contribution in [-0.2, 0) is 4.79 Å². The number of aromatic nitrogens is 1. The fraction of sp³-hybridized carbons (Fsp3) is 0.235. The summed E-state index contributed by atoms with van der Waals surface area (Å²) in [6, 6.07) is 10.4. The van der Waals surface area contributed by atoms with Gasteiger partial charge in [-0.2, -0.15) is 0 Å². The number of rotatable bonds is 6. The molecule has 0 bridgehead atoms. The lowest BCUT2D eigenvalue weighted by Crippen LogP contribution is -2.17. The quantitative estimate of drug-likeness (QED) is 0.624. The number of anilines is 1. The number of halogens is 1. The third kappa shape index (κ3) is 5.08. The zero-order chi connectivity index (χ0) is 16.8. The van der Waals surface area contributed by atoms with Gasteiger partial charge >= 0.3 is 0 Å². The van der Waals surface area contributed by atoms with E-state index in [1.807, 2.05) is 13.8 Å². The lowest BCUT2D eigenvalue weighted by molar-refractivity contribution is -0.118. The smallest absolute Gasteiger partial charge is 0.226 e. The third-order valence-corrected chi connectivity index (χ3v) is 4.49. The van der Waals surface area contributed by atoms with Gasteiger partial charge in [0.2, 0.25) is 5.91 Å². The molecule has 0 radical (unpaired) electrons. The summed E-state index contributed by atoms with van der Waals surface area (Å²) in [6.07, 6.45) is 1.64. The van der Waals surface area contributed by atoms with Gasteiger partial charge in [0.1, 0.15) is 5.03 Å². The van der Waals surface area contributed by atoms with Gasteiger partial charge in [-0.1, -0.05) is 37.2 Å². The van der Waals surface area contributed by atoms with Crippen LogP contribution in [0.15, 0.2) is 47.6 Å². The van der Waals surface area contributed by atoms with Crippen LogP contribution in [0.3, 0.4) is 0 Å². The highest BCUT2D eigenvalue weighted by molar-refractivity contribution is 8.00. The molecule has 120 valence electrons. The summed E-state index contributed by atoms with van der Waals surface area (Å²) in [5.41, 5.74) is 1.27. The van der Waals surface area contributed by atoms with E-state index in [9.17, 15) is 9.59 Å². The number of nitrogens with zero attached hydrogens (tertiary/aromatic N) is 1. The molecule has 1 aromatic heterocycles. The Morgan fingerprint density at radius 2 is 1.91 bits per heavy atom. The molecule has 2 rings (SSSR count). The lowest BCUT2D eigenvalue weighted by Gasteiger charge is -2.08. The topological polar surface area (TPSA) is 59.1 Å². The van der Waals surface area contributed by atoms with Gasteiger partial charge in [0, 0.05) is 23.4 Å². The minimum atomic E-state index is -0.0872. The van der Waals surface area contributed by atoms with E-state index in [0.29, 0.717) is 21.3 Å². The van der Waals surface area contributed by atoms with Crippen molar-refractivity contribution in [2.45, 2.75) is 18.9 Å². The molecule has 0 atom stereocenters. The van der Waals surface area contributed by atoms with E-state index >= 15 is 0 Å². The average Bonchev–Trinajstić information content (AvgIpc) is 2.54. The summed E-state index contributed by atoms with van der Waals surface area (Å²) in [5.74, 6) is 0.104. The zero-order valence-corrected chi connectivity index (χ0v) is 14.4. The summed E-state index contributed by atoms with van der Waals surface area (Å²) in [4.78, 5) is 28.0. The molecule has 0 aliphatic carbocycles. The monoisotopic (exact) mass is 348 g/mol. The van der Waals surface area contributed by atoms with Crippen LogP contribution in [0, 0.1) is 5.92 Å². The average molecular weight is 349 g/mol. The van der Waals surface area contributed by atoms with Gasteiger partial charge in [0.25, 0.3) is 0 Å². The van der Waals surface area contributed by atoms with Crippen LogP contribution in [0.2, 0.25) is 5.02 Å². The van der Waals surface area contributed by atoms with E-state index in [4.69, 9.17) is 11.6 Å². The van der Waals surface area contributed by atoms with Crippen LogP contribution in [0.4, 0.5) is 5.69 Å². The second-order valence-electron chi connectivity index (χ2n) is 5.22. The number of thioether (sulfide) groups is 1. The first-order valence-electron chi connectivity index (χ1n) is 7.15. The molecule has 0 saturated carbocycles. The molecule has 0 spiro atoms. The van der Waals surface area contributed by atoms with Crippen molar-refractivity contribution in [2.24, 2.45) is 5.92 Å². The van der Waals surface area contributed by atoms with Crippen molar-refractivity contribution in [3.8, 4) is 0 Å². The van der Waals surface area contributed by atoms with Gasteiger partial charge < -0.3 is 5.32 Å². The van der Waals surface area contributed by atoms with Crippen LogP contribution < -0.4 is 5.32 Å². The van der Waals surface area contributed by atoms with Crippen LogP contribution in [0.5, 0.6) is 0 Å². The molecular formula is C17H17ClN2O2S. The van der Waals surface area contributed by atoms with Crippen molar-refractivity contribution in [3.05, 3.63) is 53.2 Å². The van der Waals surface area contributed by atoms with Gasteiger partial charge in [-0.3, -0.25) is 9.59 Å². The summed E-state index contributed by atoms with van der Waals surface area (Å²) >= 11 is 7.32. The second-order valence-corrected chi connectivity index (χ2v) is 6.59. The number of benzene rings is 1. The number of pyridine rings is 1. The van der Waals surface area contributed by atoms with Gasteiger partial charge in [-0.15, -0.1) is 0 Å². The minimum Gasteiger partial charge on any atom is -0.326 e. The maximum Gasteiger partial charge on any atom is 0.226 e. The fourth-order valence-corrected chi connectivity index (χ4v) is 2.78. The summed E-state index contributed by atoms with van der Waals surface area (Å²) in [5, 5.41) is 3.97. The maximum atomic E-state index is 12.2. The van der Waals surface area contributed by atoms with Crippen molar-refractivity contribution in [2.75, 3.05) is 11.1 Å². The van der Waals surface area contributed by atoms with Crippen LogP contribution in [0.1, 0.15) is 24.2 Å². The predicted molar refractivity (Wildman–Crippen MR) is 94.2 cm³/mol. The van der Waals surface area contributed by atoms with Gasteiger partial charge in [0.15, 0.2) is 5.78 Å². The number of carbonyl (C=O) groups excluding carboxylic acids is 2. The first-order chi connectivity index (χ1) is 11.0. The SMILES string of the molecule is CC(C)C(=O)Nc1ccc(C(=O)CSc2ncccc2Cl)cc1. The summed E-state index contributed by atoms with van der Waals surface area (Å²) in [6.45, 7) is 3.65. The maximum absolute atomic E-state index is 12.2. The molecule has 0 aliphatic rings. The molecule has 0 fully saturated rings. The normalized spacial score (nSPS) is 10.6. The lowest BCUT2D eigenvalue weighted by atomic mass is 10.1. The highest BCUT2D eigenvalue weighted by Gasteiger charge is 2.10. The molecule has 0 saturated heterocycles. The second kappa shape index (κ2) is 8.13. The van der Waals surface area contributed by atoms with Crippen LogP contribution in [-0.4, -0.2) is 22.4 Å². The molecular weight excluding hydrogens is 332 g/mol. The van der Waals surface area contributed by atoms with E-state index in [1.54, 1.807) is 42.6 Å². The van der Waals surface area contributed by atoms with Crippen molar-refractivity contribution in [1.82, 2.24) is 4.98 Å². The van der Waals surface area contributed by atoms with Crippen molar-refractivity contribution < 1.29 is 9.59 Å². The summed E-state index contributed by atoms with van der Waals surface area (Å²) < 4.78 is 0. The van der Waals surface area contributed by atoms with E-state index in [0.717, 1.165) is 0 Å². The Morgan fingerprint density at radius 1 is 1.22 bits per heavy atom. The molecule has 2 aromatic rings. The molecule has 1 aromatic carbocycles. The number of amides is 1. The first-order valence-corrected chi connectivity index (χ1v) is 8.51. The standard InChI is InChI=1S/C17H17ClN2O2S/c1-11(2)16(22)20-13-7-5-12(6-8-13)15(21)10-23-17-14(18)4-3-9-19-17/h3-9,11H,10H2,1-2H3,(H,20,22). The van der Waals surface area contributed by atoms with E-state index < -0.39 is 0 Å². The number of hydrogen-bond acceptors (Lipinski definition) is 4. The van der Waals surface area contributed by atoms with Gasteiger partial charge in [-0.05, 0) is 36.4 Å². The molecule has 23 heavy (non-hydrogen) atoms. The van der Waals surface area contributed by atoms with E-state index in [-0.39, 0.29) is 23.4 Å². The Labute approximate surface area is 144 Å². The molecule has 4 nitrogen and oxygen atoms in total. The van der Waals surface area contributed by atoms with Crippen molar-refractivity contribution in [3.63, 3.8) is 0 Å². The van der Waals surface area contributed by atoms with Crippen molar-refractivity contribution in [1.29, 1.82) is 0 Å². The Kier molecular flexibility index (Phi) is 6.19. The fourth-order valence-electron chi connectivity index (χ4n) is 1.72. The Balaban J connectivity index is 1.95. The van der Waals surface area contributed by atoms with E-state index in [2.05, 4.69) is 10.3 Å².